The lowest BCUT2D eigenvalue weighted by atomic mass is 9.82. The number of hydrogen-bond acceptors (Lipinski definition) is 4. The molecule has 0 unspecified atom stereocenters. The second-order valence-corrected chi connectivity index (χ2v) is 16.1. The monoisotopic (exact) mass is 631 g/mol. The summed E-state index contributed by atoms with van der Waals surface area (Å²) >= 11 is 1.83. The van der Waals surface area contributed by atoms with Gasteiger partial charge in [-0.05, 0) is 98.3 Å². The molecule has 1 aliphatic carbocycles. The zero-order valence-electron chi connectivity index (χ0n) is 28.6. The highest BCUT2D eigenvalue weighted by Crippen LogP contribution is 2.55. The Morgan fingerprint density at radius 2 is 1.17 bits per heavy atom. The lowest BCUT2D eigenvalue weighted by molar-refractivity contribution is 0.590. The summed E-state index contributed by atoms with van der Waals surface area (Å²) in [6.07, 6.45) is 1.62. The Kier molecular flexibility index (Phi) is 7.99. The van der Waals surface area contributed by atoms with Crippen LogP contribution < -0.4 is 4.90 Å². The van der Waals surface area contributed by atoms with Crippen LogP contribution in [0.15, 0.2) is 103 Å². The summed E-state index contributed by atoms with van der Waals surface area (Å²) in [5.74, 6) is 0. The highest BCUT2D eigenvalue weighted by Gasteiger charge is 2.38. The fraction of sp³-hybridized carbons (Fsp3) is 0.256. The Morgan fingerprint density at radius 1 is 0.660 bits per heavy atom. The first-order valence-electron chi connectivity index (χ1n) is 16.1. The van der Waals surface area contributed by atoms with Crippen molar-refractivity contribution in [3.63, 3.8) is 0 Å². The van der Waals surface area contributed by atoms with Gasteiger partial charge >= 0.3 is 0 Å². The minimum Gasteiger partial charge on any atom is -0.310 e. The molecule has 0 atom stereocenters. The van der Waals surface area contributed by atoms with Crippen LogP contribution in [0.2, 0.25) is 0 Å². The van der Waals surface area contributed by atoms with Gasteiger partial charge in [-0.25, -0.2) is 0 Å². The van der Waals surface area contributed by atoms with Crippen LogP contribution in [0.3, 0.4) is 0 Å². The molecule has 0 fully saturated rings. The lowest BCUT2D eigenvalue weighted by Crippen LogP contribution is -2.17. The van der Waals surface area contributed by atoms with E-state index in [2.05, 4.69) is 145 Å². The van der Waals surface area contributed by atoms with Crippen molar-refractivity contribution in [3.8, 4) is 33.0 Å². The fourth-order valence-electron chi connectivity index (χ4n) is 6.40. The average Bonchev–Trinajstić information content (AvgIpc) is 3.57. The number of fused-ring (bicyclic) bond motifs is 3. The van der Waals surface area contributed by atoms with Gasteiger partial charge in [0.15, 0.2) is 0 Å². The van der Waals surface area contributed by atoms with E-state index >= 15 is 0 Å². The van der Waals surface area contributed by atoms with Gasteiger partial charge in [0.1, 0.15) is 17.7 Å². The summed E-state index contributed by atoms with van der Waals surface area (Å²) in [4.78, 5) is 4.92. The van der Waals surface area contributed by atoms with E-state index in [1.807, 2.05) is 35.6 Å². The van der Waals surface area contributed by atoms with Crippen LogP contribution in [-0.2, 0) is 16.2 Å². The van der Waals surface area contributed by atoms with E-state index in [9.17, 15) is 0 Å². The van der Waals surface area contributed by atoms with Gasteiger partial charge in [0.05, 0.1) is 0 Å². The number of thiophene rings is 1. The summed E-state index contributed by atoms with van der Waals surface area (Å²) in [6.45, 7) is 18.2. The van der Waals surface area contributed by atoms with E-state index in [4.69, 9.17) is 10.5 Å². The number of allylic oxidation sites excluding steroid dienone is 1. The lowest BCUT2D eigenvalue weighted by Gasteiger charge is -2.29. The minimum atomic E-state index is -0.162. The number of nitrogens with zero attached hydrogens (tertiary/aromatic N) is 3. The Balaban J connectivity index is 1.40. The number of benzene rings is 4. The molecule has 5 aromatic rings. The van der Waals surface area contributed by atoms with Crippen molar-refractivity contribution >= 4 is 34.5 Å². The fourth-order valence-corrected chi connectivity index (χ4v) is 7.76. The van der Waals surface area contributed by atoms with E-state index in [1.165, 1.54) is 37.6 Å². The van der Waals surface area contributed by atoms with Crippen LogP contribution >= 0.6 is 11.3 Å². The van der Waals surface area contributed by atoms with E-state index in [0.29, 0.717) is 0 Å². The molecule has 4 aromatic carbocycles. The van der Waals surface area contributed by atoms with Gasteiger partial charge in [0, 0.05) is 32.2 Å². The predicted octanol–water partition coefficient (Wildman–Crippen LogP) is 12.2. The molecular formula is C43H41N3S. The van der Waals surface area contributed by atoms with E-state index < -0.39 is 0 Å². The molecule has 0 aliphatic heterocycles. The van der Waals surface area contributed by atoms with Crippen LogP contribution in [0, 0.1) is 22.7 Å². The van der Waals surface area contributed by atoms with Gasteiger partial charge < -0.3 is 4.90 Å². The largest absolute Gasteiger partial charge is 0.310 e. The van der Waals surface area contributed by atoms with Gasteiger partial charge in [0.25, 0.3) is 0 Å². The zero-order valence-corrected chi connectivity index (χ0v) is 29.4. The standard InChI is InChI=1S/C43H41N3S/c1-41(2,3)31-13-17-33(18-14-31)46(34-19-15-32(16-20-34)42(4,5)6)35-21-22-36-37(24-35)43(7,8)38-25-39(47-40(36)38)30-11-9-28(10-12-30)23-29(26-44)27-45/h9-25H,1-8H3. The third-order valence-corrected chi connectivity index (χ3v) is 10.5. The van der Waals surface area contributed by atoms with Crippen LogP contribution in [0.1, 0.15) is 83.2 Å². The van der Waals surface area contributed by atoms with E-state index in [0.717, 1.165) is 28.2 Å². The average molecular weight is 632 g/mol. The second kappa shape index (κ2) is 11.7. The molecule has 234 valence electrons. The van der Waals surface area contributed by atoms with Gasteiger partial charge in [-0.2, -0.15) is 10.5 Å². The number of anilines is 3. The van der Waals surface area contributed by atoms with Crippen molar-refractivity contribution in [1.82, 2.24) is 0 Å². The van der Waals surface area contributed by atoms with E-state index in [-0.39, 0.29) is 21.8 Å². The molecule has 0 bridgehead atoms. The molecule has 0 amide bonds. The Morgan fingerprint density at radius 3 is 1.66 bits per heavy atom. The first kappa shape index (κ1) is 32.1. The van der Waals surface area contributed by atoms with Crippen LogP contribution in [0.4, 0.5) is 17.1 Å². The molecule has 1 aliphatic rings. The van der Waals surface area contributed by atoms with Crippen molar-refractivity contribution < 1.29 is 0 Å². The summed E-state index contributed by atoms with van der Waals surface area (Å²) in [5.41, 5.74) is 12.2. The third kappa shape index (κ3) is 6.03. The minimum absolute atomic E-state index is 0.0863. The van der Waals surface area contributed by atoms with Gasteiger partial charge in [-0.15, -0.1) is 11.3 Å². The Hall–Kier alpha value is -4.90. The first-order valence-corrected chi connectivity index (χ1v) is 16.9. The molecule has 1 heterocycles. The number of hydrogen-bond donors (Lipinski definition) is 0. The van der Waals surface area contributed by atoms with Crippen molar-refractivity contribution in [2.45, 2.75) is 71.6 Å². The summed E-state index contributed by atoms with van der Waals surface area (Å²) in [7, 11) is 0. The summed E-state index contributed by atoms with van der Waals surface area (Å²) < 4.78 is 0. The topological polar surface area (TPSA) is 50.8 Å². The van der Waals surface area contributed by atoms with E-state index in [1.54, 1.807) is 6.08 Å². The molecular weight excluding hydrogens is 591 g/mol. The summed E-state index contributed by atoms with van der Waals surface area (Å²) in [5, 5.41) is 18.2. The first-order chi connectivity index (χ1) is 22.2. The molecule has 0 saturated heterocycles. The highest BCUT2D eigenvalue weighted by molar-refractivity contribution is 7.19. The summed E-state index contributed by atoms with van der Waals surface area (Å²) in [6, 6.07) is 39.3. The number of rotatable bonds is 5. The van der Waals surface area contributed by atoms with Crippen molar-refractivity contribution in [2.24, 2.45) is 0 Å². The molecule has 0 saturated carbocycles. The highest BCUT2D eigenvalue weighted by atomic mass is 32.1. The molecule has 0 N–H and O–H groups in total. The molecule has 1 aromatic heterocycles. The smallest absolute Gasteiger partial charge is 0.130 e. The maximum Gasteiger partial charge on any atom is 0.130 e. The predicted molar refractivity (Wildman–Crippen MR) is 199 cm³/mol. The van der Waals surface area contributed by atoms with Crippen LogP contribution in [0.25, 0.3) is 27.0 Å². The second-order valence-electron chi connectivity index (χ2n) is 15.0. The molecule has 0 radical (unpaired) electrons. The normalized spacial score (nSPS) is 13.2. The zero-order chi connectivity index (χ0) is 33.7. The molecule has 6 rings (SSSR count). The SMILES string of the molecule is CC(C)(C)c1ccc(N(c2ccc(C(C)(C)C)cc2)c2ccc3c(c2)C(C)(C)c2cc(-c4ccc(C=C(C#N)C#N)cc4)sc2-3)cc1. The van der Waals surface area contributed by atoms with Gasteiger partial charge in [-0.1, -0.05) is 110 Å². The van der Waals surface area contributed by atoms with Crippen molar-refractivity contribution in [1.29, 1.82) is 10.5 Å². The molecule has 4 heteroatoms. The number of nitriles is 2. The maximum absolute atomic E-state index is 9.11. The maximum atomic E-state index is 9.11. The molecule has 3 nitrogen and oxygen atoms in total. The van der Waals surface area contributed by atoms with Gasteiger partial charge in [0.2, 0.25) is 0 Å². The van der Waals surface area contributed by atoms with Crippen molar-refractivity contribution in [3.05, 3.63) is 130 Å². The van der Waals surface area contributed by atoms with Gasteiger partial charge in [-0.3, -0.25) is 0 Å². The molecule has 47 heavy (non-hydrogen) atoms. The van der Waals surface area contributed by atoms with Crippen LogP contribution in [0.5, 0.6) is 0 Å². The quantitative estimate of drug-likeness (QED) is 0.181. The van der Waals surface area contributed by atoms with Crippen LogP contribution in [-0.4, -0.2) is 0 Å². The molecule has 0 spiro atoms. The third-order valence-electron chi connectivity index (χ3n) is 9.31. The van der Waals surface area contributed by atoms with Crippen molar-refractivity contribution in [2.75, 3.05) is 4.90 Å². The Labute approximate surface area is 284 Å². The Bertz CT molecular complexity index is 1990.